The topological polar surface area (TPSA) is 3.24 Å². The lowest BCUT2D eigenvalue weighted by Gasteiger charge is -2.29. The fourth-order valence-electron chi connectivity index (χ4n) is 3.15. The second-order valence-corrected chi connectivity index (χ2v) is 6.18. The van der Waals surface area contributed by atoms with Gasteiger partial charge in [-0.05, 0) is 69.2 Å². The molecule has 0 amide bonds. The van der Waals surface area contributed by atoms with E-state index in [0.717, 1.165) is 5.69 Å². The zero-order chi connectivity index (χ0) is 16.4. The molecule has 0 aromatic heterocycles. The van der Waals surface area contributed by atoms with Crippen LogP contribution in [0.15, 0.2) is 60.7 Å². The van der Waals surface area contributed by atoms with Crippen LogP contribution in [0.1, 0.15) is 22.3 Å². The highest BCUT2D eigenvalue weighted by Gasteiger charge is 2.16. The molecule has 3 aromatic carbocycles. The molecule has 115 valence electrons. The predicted molar refractivity (Wildman–Crippen MR) is 98.9 cm³/mol. The van der Waals surface area contributed by atoms with E-state index in [1.54, 1.807) is 0 Å². The van der Waals surface area contributed by atoms with Crippen LogP contribution in [0.5, 0.6) is 0 Å². The van der Waals surface area contributed by atoms with Gasteiger partial charge in [-0.15, -0.1) is 0 Å². The number of benzene rings is 3. The lowest BCUT2D eigenvalue weighted by molar-refractivity contribution is 1.20. The van der Waals surface area contributed by atoms with E-state index in [4.69, 9.17) is 0 Å². The quantitative estimate of drug-likeness (QED) is 0.557. The van der Waals surface area contributed by atoms with E-state index in [1.165, 1.54) is 33.6 Å². The van der Waals surface area contributed by atoms with Gasteiger partial charge in [0.25, 0.3) is 0 Å². The molecule has 0 N–H and O–H groups in total. The minimum absolute atomic E-state index is 1.16. The van der Waals surface area contributed by atoms with Crippen LogP contribution >= 0.6 is 0 Å². The SMILES string of the molecule is Cc1ccc(N(c2cc[c]cc2)c2c(C)cc(C)cc2C)cc1. The lowest BCUT2D eigenvalue weighted by atomic mass is 10.0. The van der Waals surface area contributed by atoms with Crippen molar-refractivity contribution in [1.29, 1.82) is 0 Å². The molecule has 0 bridgehead atoms. The summed E-state index contributed by atoms with van der Waals surface area (Å²) >= 11 is 0. The fraction of sp³-hybridized carbons (Fsp3) is 0.182. The molecular weight excluding hydrogens is 278 g/mol. The number of hydrogen-bond acceptors (Lipinski definition) is 1. The van der Waals surface area contributed by atoms with Gasteiger partial charge in [0, 0.05) is 11.4 Å². The maximum absolute atomic E-state index is 3.11. The number of anilines is 3. The molecule has 23 heavy (non-hydrogen) atoms. The molecule has 0 atom stereocenters. The smallest absolute Gasteiger partial charge is 0.0520 e. The van der Waals surface area contributed by atoms with E-state index < -0.39 is 0 Å². The Balaban J connectivity index is 2.23. The second-order valence-electron chi connectivity index (χ2n) is 6.18. The molecule has 0 heterocycles. The molecule has 0 aliphatic heterocycles. The number of rotatable bonds is 3. The highest BCUT2D eigenvalue weighted by molar-refractivity contribution is 5.80. The Morgan fingerprint density at radius 1 is 0.652 bits per heavy atom. The van der Waals surface area contributed by atoms with Crippen LogP contribution in [0.2, 0.25) is 0 Å². The average Bonchev–Trinajstić information content (AvgIpc) is 2.53. The van der Waals surface area contributed by atoms with Gasteiger partial charge in [0.15, 0.2) is 0 Å². The molecule has 0 saturated carbocycles. The van der Waals surface area contributed by atoms with Crippen LogP contribution in [0, 0.1) is 33.8 Å². The largest absolute Gasteiger partial charge is 0.310 e. The first-order chi connectivity index (χ1) is 11.1. The molecule has 0 unspecified atom stereocenters. The maximum atomic E-state index is 3.11. The standard InChI is InChI=1S/C22H22N/c1-16-10-12-21(13-11-16)23(20-8-6-5-7-9-20)22-18(3)14-17(2)15-19(22)4/h6-15H,1-4H3. The Kier molecular flexibility index (Phi) is 4.20. The Bertz CT molecular complexity index is 778. The Morgan fingerprint density at radius 2 is 1.17 bits per heavy atom. The highest BCUT2D eigenvalue weighted by atomic mass is 15.1. The average molecular weight is 300 g/mol. The van der Waals surface area contributed by atoms with Gasteiger partial charge in [-0.25, -0.2) is 0 Å². The van der Waals surface area contributed by atoms with Crippen LogP contribution < -0.4 is 4.90 Å². The van der Waals surface area contributed by atoms with Crippen molar-refractivity contribution in [3.05, 3.63) is 89.0 Å². The van der Waals surface area contributed by atoms with Gasteiger partial charge >= 0.3 is 0 Å². The molecule has 0 aliphatic carbocycles. The van der Waals surface area contributed by atoms with Crippen molar-refractivity contribution in [2.24, 2.45) is 0 Å². The van der Waals surface area contributed by atoms with Crippen molar-refractivity contribution in [2.75, 3.05) is 4.90 Å². The molecule has 1 radical (unpaired) electrons. The van der Waals surface area contributed by atoms with Gasteiger partial charge < -0.3 is 4.90 Å². The van der Waals surface area contributed by atoms with Gasteiger partial charge in [0.05, 0.1) is 5.69 Å². The Morgan fingerprint density at radius 3 is 1.74 bits per heavy atom. The van der Waals surface area contributed by atoms with Crippen molar-refractivity contribution in [2.45, 2.75) is 27.7 Å². The summed E-state index contributed by atoms with van der Waals surface area (Å²) in [5, 5.41) is 0. The van der Waals surface area contributed by atoms with Gasteiger partial charge in [0.1, 0.15) is 0 Å². The third-order valence-corrected chi connectivity index (χ3v) is 4.11. The zero-order valence-electron chi connectivity index (χ0n) is 14.2. The molecule has 0 fully saturated rings. The van der Waals surface area contributed by atoms with E-state index in [0.29, 0.717) is 0 Å². The monoisotopic (exact) mass is 300 g/mol. The van der Waals surface area contributed by atoms with Gasteiger partial charge in [-0.3, -0.25) is 0 Å². The van der Waals surface area contributed by atoms with Gasteiger partial charge in [-0.1, -0.05) is 47.5 Å². The van der Waals surface area contributed by atoms with E-state index in [9.17, 15) is 0 Å². The van der Waals surface area contributed by atoms with E-state index in [-0.39, 0.29) is 0 Å². The van der Waals surface area contributed by atoms with Crippen LogP contribution in [0.25, 0.3) is 0 Å². The van der Waals surface area contributed by atoms with Gasteiger partial charge in [-0.2, -0.15) is 0 Å². The molecule has 1 heteroatoms. The van der Waals surface area contributed by atoms with Crippen LogP contribution in [0.3, 0.4) is 0 Å². The van der Waals surface area contributed by atoms with Crippen LogP contribution in [-0.2, 0) is 0 Å². The molecule has 0 aliphatic rings. The van der Waals surface area contributed by atoms with E-state index in [1.807, 2.05) is 12.1 Å². The fourth-order valence-corrected chi connectivity index (χ4v) is 3.15. The number of nitrogens with zero attached hydrogens (tertiary/aromatic N) is 1. The third kappa shape index (κ3) is 3.14. The summed E-state index contributed by atoms with van der Waals surface area (Å²) in [5.41, 5.74) is 8.73. The molecule has 0 spiro atoms. The van der Waals surface area contributed by atoms with Crippen molar-refractivity contribution < 1.29 is 0 Å². The minimum Gasteiger partial charge on any atom is -0.310 e. The summed E-state index contributed by atoms with van der Waals surface area (Å²) in [6.07, 6.45) is 0. The van der Waals surface area contributed by atoms with Crippen LogP contribution in [0.4, 0.5) is 17.1 Å². The summed E-state index contributed by atoms with van der Waals surface area (Å²) in [6, 6.07) is 24.5. The van der Waals surface area contributed by atoms with Gasteiger partial charge in [0.2, 0.25) is 0 Å². The maximum Gasteiger partial charge on any atom is 0.0520 e. The third-order valence-electron chi connectivity index (χ3n) is 4.11. The van der Waals surface area contributed by atoms with Crippen molar-refractivity contribution in [3.63, 3.8) is 0 Å². The molecule has 1 nitrogen and oxygen atoms in total. The Labute approximate surface area is 139 Å². The highest BCUT2D eigenvalue weighted by Crippen LogP contribution is 2.38. The molecule has 3 aromatic rings. The summed E-state index contributed by atoms with van der Waals surface area (Å²) in [7, 11) is 0. The summed E-state index contributed by atoms with van der Waals surface area (Å²) in [4.78, 5) is 2.33. The second kappa shape index (κ2) is 6.29. The normalized spacial score (nSPS) is 10.6. The summed E-state index contributed by atoms with van der Waals surface area (Å²) in [6.45, 7) is 8.64. The van der Waals surface area contributed by atoms with E-state index >= 15 is 0 Å². The first-order valence-electron chi connectivity index (χ1n) is 7.97. The van der Waals surface area contributed by atoms with Crippen molar-refractivity contribution >= 4 is 17.1 Å². The van der Waals surface area contributed by atoms with Crippen molar-refractivity contribution in [3.8, 4) is 0 Å². The number of aryl methyl sites for hydroxylation is 4. The zero-order valence-corrected chi connectivity index (χ0v) is 14.2. The Hall–Kier alpha value is -2.54. The summed E-state index contributed by atoms with van der Waals surface area (Å²) in [5.74, 6) is 0. The number of hydrogen-bond donors (Lipinski definition) is 0. The first-order valence-corrected chi connectivity index (χ1v) is 7.97. The predicted octanol–water partition coefficient (Wildman–Crippen LogP) is 6.19. The summed E-state index contributed by atoms with van der Waals surface area (Å²) < 4.78 is 0. The minimum atomic E-state index is 1.16. The van der Waals surface area contributed by atoms with Crippen molar-refractivity contribution in [1.82, 2.24) is 0 Å². The lowest BCUT2D eigenvalue weighted by Crippen LogP contribution is -2.13. The molecular formula is C22H22N. The van der Waals surface area contributed by atoms with Crippen LogP contribution in [-0.4, -0.2) is 0 Å². The molecule has 3 rings (SSSR count). The van der Waals surface area contributed by atoms with E-state index in [2.05, 4.69) is 87.2 Å². The first kappa shape index (κ1) is 15.4. The molecule has 0 saturated heterocycles.